The van der Waals surface area contributed by atoms with Crippen molar-refractivity contribution in [3.63, 3.8) is 0 Å². The van der Waals surface area contributed by atoms with E-state index in [1.807, 2.05) is 42.5 Å². The third kappa shape index (κ3) is 3.73. The summed E-state index contributed by atoms with van der Waals surface area (Å²) in [7, 11) is 0. The number of allylic oxidation sites excluding steroid dienone is 2. The third-order valence-electron chi connectivity index (χ3n) is 4.48. The maximum atomic E-state index is 12.6. The fourth-order valence-electron chi connectivity index (χ4n) is 3.25. The van der Waals surface area contributed by atoms with E-state index in [1.54, 1.807) is 19.9 Å². The fourth-order valence-corrected chi connectivity index (χ4v) is 3.44. The summed E-state index contributed by atoms with van der Waals surface area (Å²) >= 11 is 6.11. The Morgan fingerprint density at radius 2 is 1.93 bits per heavy atom. The van der Waals surface area contributed by atoms with Gasteiger partial charge in [-0.1, -0.05) is 48.0 Å². The second-order valence-corrected chi connectivity index (χ2v) is 6.69. The van der Waals surface area contributed by atoms with Crippen LogP contribution in [-0.2, 0) is 14.3 Å². The molecule has 0 aromatic heterocycles. The summed E-state index contributed by atoms with van der Waals surface area (Å²) in [4.78, 5) is 12.6. The number of carbonyl (C=O) groups is 1. The van der Waals surface area contributed by atoms with Crippen LogP contribution in [0.5, 0.6) is 0 Å². The van der Waals surface area contributed by atoms with Crippen molar-refractivity contribution in [2.45, 2.75) is 19.8 Å². The number of ether oxygens (including phenoxy) is 2. The minimum atomic E-state index is -0.670. The van der Waals surface area contributed by atoms with Gasteiger partial charge in [-0.05, 0) is 42.7 Å². The molecule has 0 aliphatic carbocycles. The summed E-state index contributed by atoms with van der Waals surface area (Å²) in [5, 5.41) is 10.3. The number of hydrogen-bond donors (Lipinski definition) is 1. The highest BCUT2D eigenvalue weighted by atomic mass is 35.5. The lowest BCUT2D eigenvalue weighted by Crippen LogP contribution is -2.25. The Kier molecular flexibility index (Phi) is 5.72. The second kappa shape index (κ2) is 8.20. The SMILES string of the molecule is CCOC(=O)C1=C(C)OC(N)=C(C#N)C1c1cccc(-c2cccc(Cl)c2)c1. The van der Waals surface area contributed by atoms with Gasteiger partial charge in [0, 0.05) is 5.02 Å². The van der Waals surface area contributed by atoms with Crippen molar-refractivity contribution in [3.8, 4) is 17.2 Å². The van der Waals surface area contributed by atoms with Crippen LogP contribution in [0.25, 0.3) is 11.1 Å². The van der Waals surface area contributed by atoms with Crippen LogP contribution in [-0.4, -0.2) is 12.6 Å². The standard InChI is InChI=1S/C22H19ClN2O3/c1-3-27-22(26)19-13(2)28-21(25)18(12-24)20(19)16-8-4-6-14(10-16)15-7-5-9-17(23)11-15/h4-11,20H,3,25H2,1-2H3. The minimum Gasteiger partial charge on any atom is -0.463 e. The van der Waals surface area contributed by atoms with Crippen molar-refractivity contribution in [1.82, 2.24) is 0 Å². The molecule has 5 nitrogen and oxygen atoms in total. The van der Waals surface area contributed by atoms with Gasteiger partial charge in [-0.15, -0.1) is 0 Å². The first kappa shape index (κ1) is 19.5. The Bertz CT molecular complexity index is 1030. The highest BCUT2D eigenvalue weighted by molar-refractivity contribution is 6.30. The van der Waals surface area contributed by atoms with E-state index in [4.69, 9.17) is 26.8 Å². The van der Waals surface area contributed by atoms with Crippen LogP contribution < -0.4 is 5.73 Å². The Balaban J connectivity index is 2.15. The van der Waals surface area contributed by atoms with E-state index >= 15 is 0 Å². The molecule has 1 atom stereocenters. The molecule has 2 N–H and O–H groups in total. The van der Waals surface area contributed by atoms with Crippen LogP contribution in [0.3, 0.4) is 0 Å². The molecule has 1 unspecified atom stereocenters. The van der Waals surface area contributed by atoms with Gasteiger partial charge in [0.15, 0.2) is 0 Å². The van der Waals surface area contributed by atoms with Gasteiger partial charge in [-0.25, -0.2) is 4.79 Å². The van der Waals surface area contributed by atoms with Gasteiger partial charge in [0.05, 0.1) is 18.1 Å². The number of benzene rings is 2. The molecule has 0 amide bonds. The molecule has 0 saturated heterocycles. The number of nitrogens with zero attached hydrogens (tertiary/aromatic N) is 1. The van der Waals surface area contributed by atoms with E-state index in [-0.39, 0.29) is 23.6 Å². The van der Waals surface area contributed by atoms with Crippen LogP contribution in [0.4, 0.5) is 0 Å². The first-order valence-electron chi connectivity index (χ1n) is 8.77. The molecule has 1 heterocycles. The highest BCUT2D eigenvalue weighted by Crippen LogP contribution is 2.40. The summed E-state index contributed by atoms with van der Waals surface area (Å²) in [6.07, 6.45) is 0. The van der Waals surface area contributed by atoms with Crippen LogP contribution in [0.15, 0.2) is 71.3 Å². The summed E-state index contributed by atoms with van der Waals surface area (Å²) in [6.45, 7) is 3.58. The Morgan fingerprint density at radius 3 is 2.57 bits per heavy atom. The molecule has 2 aromatic carbocycles. The van der Waals surface area contributed by atoms with Gasteiger partial charge in [0.1, 0.15) is 17.4 Å². The predicted molar refractivity (Wildman–Crippen MR) is 107 cm³/mol. The smallest absolute Gasteiger partial charge is 0.338 e. The van der Waals surface area contributed by atoms with Crippen molar-refractivity contribution in [3.05, 3.63) is 81.9 Å². The molecule has 28 heavy (non-hydrogen) atoms. The quantitative estimate of drug-likeness (QED) is 0.762. The second-order valence-electron chi connectivity index (χ2n) is 6.25. The van der Waals surface area contributed by atoms with E-state index in [0.717, 1.165) is 16.7 Å². The number of nitriles is 1. The van der Waals surface area contributed by atoms with Crippen LogP contribution in [0, 0.1) is 11.3 Å². The third-order valence-corrected chi connectivity index (χ3v) is 4.71. The van der Waals surface area contributed by atoms with Crippen LogP contribution in [0.1, 0.15) is 25.3 Å². The van der Waals surface area contributed by atoms with Crippen LogP contribution in [0.2, 0.25) is 5.02 Å². The lowest BCUT2D eigenvalue weighted by molar-refractivity contribution is -0.139. The molecule has 1 aliphatic rings. The molecular formula is C22H19ClN2O3. The molecule has 0 radical (unpaired) electrons. The molecule has 0 saturated carbocycles. The van der Waals surface area contributed by atoms with Crippen molar-refractivity contribution in [2.24, 2.45) is 5.73 Å². The van der Waals surface area contributed by atoms with Gasteiger partial charge in [-0.2, -0.15) is 5.26 Å². The lowest BCUT2D eigenvalue weighted by Gasteiger charge is -2.27. The van der Waals surface area contributed by atoms with Crippen molar-refractivity contribution in [1.29, 1.82) is 5.26 Å². The normalized spacial score (nSPS) is 16.4. The van der Waals surface area contributed by atoms with Crippen LogP contribution >= 0.6 is 11.6 Å². The number of nitrogens with two attached hydrogens (primary N) is 1. The number of halogens is 1. The maximum absolute atomic E-state index is 12.6. The summed E-state index contributed by atoms with van der Waals surface area (Å²) in [6, 6.07) is 17.1. The largest absolute Gasteiger partial charge is 0.463 e. The topological polar surface area (TPSA) is 85.3 Å². The summed E-state index contributed by atoms with van der Waals surface area (Å²) in [5.74, 6) is -0.880. The Hall–Kier alpha value is -3.23. The summed E-state index contributed by atoms with van der Waals surface area (Å²) in [5.41, 5.74) is 8.97. The molecule has 2 aromatic rings. The van der Waals surface area contributed by atoms with Gasteiger partial charge in [-0.3, -0.25) is 0 Å². The van der Waals surface area contributed by atoms with Gasteiger partial charge in [0.25, 0.3) is 0 Å². The predicted octanol–water partition coefficient (Wildman–Crippen LogP) is 4.65. The van der Waals surface area contributed by atoms with E-state index < -0.39 is 11.9 Å². The Labute approximate surface area is 168 Å². The number of hydrogen-bond acceptors (Lipinski definition) is 5. The van der Waals surface area contributed by atoms with E-state index in [2.05, 4.69) is 6.07 Å². The molecule has 142 valence electrons. The molecular weight excluding hydrogens is 376 g/mol. The Morgan fingerprint density at radius 1 is 1.25 bits per heavy atom. The minimum absolute atomic E-state index is 0.00814. The zero-order valence-corrected chi connectivity index (χ0v) is 16.3. The van der Waals surface area contributed by atoms with Crippen molar-refractivity contribution < 1.29 is 14.3 Å². The first-order valence-corrected chi connectivity index (χ1v) is 9.15. The zero-order chi connectivity index (χ0) is 20.3. The molecule has 6 heteroatoms. The van der Waals surface area contributed by atoms with Crippen molar-refractivity contribution >= 4 is 17.6 Å². The van der Waals surface area contributed by atoms with Gasteiger partial charge in [0.2, 0.25) is 5.88 Å². The van der Waals surface area contributed by atoms with Gasteiger partial charge >= 0.3 is 5.97 Å². The van der Waals surface area contributed by atoms with E-state index in [0.29, 0.717) is 10.8 Å². The van der Waals surface area contributed by atoms with E-state index in [9.17, 15) is 10.1 Å². The first-order chi connectivity index (χ1) is 13.5. The average molecular weight is 395 g/mol. The number of carbonyl (C=O) groups excluding carboxylic acids is 1. The molecule has 0 bridgehead atoms. The molecule has 0 spiro atoms. The molecule has 1 aliphatic heterocycles. The maximum Gasteiger partial charge on any atom is 0.338 e. The van der Waals surface area contributed by atoms with E-state index in [1.165, 1.54) is 0 Å². The lowest BCUT2D eigenvalue weighted by atomic mass is 9.82. The average Bonchev–Trinajstić information content (AvgIpc) is 2.67. The fraction of sp³-hybridized carbons (Fsp3) is 0.182. The highest BCUT2D eigenvalue weighted by Gasteiger charge is 2.36. The number of esters is 1. The van der Waals surface area contributed by atoms with Gasteiger partial charge < -0.3 is 15.2 Å². The van der Waals surface area contributed by atoms with Crippen molar-refractivity contribution in [2.75, 3.05) is 6.61 Å². The summed E-state index contributed by atoms with van der Waals surface area (Å²) < 4.78 is 10.6. The monoisotopic (exact) mass is 394 g/mol. The number of rotatable bonds is 4. The molecule has 0 fully saturated rings. The molecule has 3 rings (SSSR count). The zero-order valence-electron chi connectivity index (χ0n) is 15.5.